The molecule has 0 saturated carbocycles. The predicted octanol–water partition coefficient (Wildman–Crippen LogP) is 4.72. The minimum Gasteiger partial charge on any atom is -0.319 e. The molecule has 3 aromatic carbocycles. The highest BCUT2D eigenvalue weighted by Crippen LogP contribution is 2.21. The fourth-order valence-corrected chi connectivity index (χ4v) is 4.28. The normalized spacial score (nSPS) is 12.2. The van der Waals surface area contributed by atoms with Crippen LogP contribution in [-0.4, -0.2) is 10.5 Å². The summed E-state index contributed by atoms with van der Waals surface area (Å²) in [6.07, 6.45) is 0.288. The van der Waals surface area contributed by atoms with Crippen LogP contribution in [0.3, 0.4) is 0 Å². The first-order chi connectivity index (χ1) is 12.1. The summed E-state index contributed by atoms with van der Waals surface area (Å²) in [7, 11) is 1.91. The topological polar surface area (TPSA) is 34.4 Å². The highest BCUT2D eigenvalue weighted by atomic mass is 35.5. The Hall–Kier alpha value is -2.43. The molecule has 0 aliphatic carbocycles. The van der Waals surface area contributed by atoms with Crippen molar-refractivity contribution in [2.24, 2.45) is 12.0 Å². The SMILES string of the molecule is Cn1c(=NC(=O)Cc2cccc3ccccc23)sc2cc(Cl)ccc21. The number of hydrogen-bond donors (Lipinski definition) is 0. The summed E-state index contributed by atoms with van der Waals surface area (Å²) in [5, 5.41) is 2.92. The third-order valence-corrected chi connectivity index (χ3v) is 5.54. The summed E-state index contributed by atoms with van der Waals surface area (Å²) in [5.74, 6) is -0.149. The molecule has 5 heteroatoms. The van der Waals surface area contributed by atoms with Crippen molar-refractivity contribution < 1.29 is 4.79 Å². The van der Waals surface area contributed by atoms with E-state index in [2.05, 4.69) is 17.1 Å². The zero-order chi connectivity index (χ0) is 17.4. The van der Waals surface area contributed by atoms with E-state index in [1.54, 1.807) is 0 Å². The van der Waals surface area contributed by atoms with Gasteiger partial charge in [0.15, 0.2) is 4.80 Å². The molecule has 1 amide bonds. The van der Waals surface area contributed by atoms with Crippen molar-refractivity contribution in [3.05, 3.63) is 76.1 Å². The van der Waals surface area contributed by atoms with Crippen LogP contribution in [0.4, 0.5) is 0 Å². The minimum absolute atomic E-state index is 0.149. The Morgan fingerprint density at radius 1 is 1.12 bits per heavy atom. The first-order valence-corrected chi connectivity index (χ1v) is 9.10. The first-order valence-electron chi connectivity index (χ1n) is 7.91. The van der Waals surface area contributed by atoms with Crippen LogP contribution in [0.25, 0.3) is 21.0 Å². The Bertz CT molecular complexity index is 1170. The molecule has 4 aromatic rings. The van der Waals surface area contributed by atoms with E-state index >= 15 is 0 Å². The average Bonchev–Trinajstić information content (AvgIpc) is 2.90. The molecule has 0 radical (unpaired) electrons. The van der Waals surface area contributed by atoms with E-state index in [-0.39, 0.29) is 12.3 Å². The first kappa shape index (κ1) is 16.1. The maximum absolute atomic E-state index is 12.5. The van der Waals surface area contributed by atoms with E-state index in [9.17, 15) is 4.79 Å². The second-order valence-electron chi connectivity index (χ2n) is 5.88. The maximum atomic E-state index is 12.5. The van der Waals surface area contributed by atoms with E-state index in [0.717, 1.165) is 26.6 Å². The fourth-order valence-electron chi connectivity index (χ4n) is 2.97. The number of amides is 1. The van der Waals surface area contributed by atoms with Gasteiger partial charge in [0.25, 0.3) is 5.91 Å². The largest absolute Gasteiger partial charge is 0.319 e. The summed E-state index contributed by atoms with van der Waals surface area (Å²) in [6, 6.07) is 19.8. The van der Waals surface area contributed by atoms with Gasteiger partial charge in [0.1, 0.15) is 0 Å². The third-order valence-electron chi connectivity index (χ3n) is 4.21. The van der Waals surface area contributed by atoms with Gasteiger partial charge in [-0.25, -0.2) is 0 Å². The Kier molecular flexibility index (Phi) is 4.15. The summed E-state index contributed by atoms with van der Waals surface area (Å²) in [4.78, 5) is 17.5. The van der Waals surface area contributed by atoms with Crippen LogP contribution < -0.4 is 4.80 Å². The summed E-state index contributed by atoms with van der Waals surface area (Å²) >= 11 is 7.52. The van der Waals surface area contributed by atoms with Crippen molar-refractivity contribution >= 4 is 49.8 Å². The number of halogens is 1. The van der Waals surface area contributed by atoms with Crippen LogP contribution in [0.15, 0.2) is 65.7 Å². The molecule has 0 atom stereocenters. The number of carbonyl (C=O) groups excluding carboxylic acids is 1. The lowest BCUT2D eigenvalue weighted by Gasteiger charge is -2.03. The van der Waals surface area contributed by atoms with Crippen LogP contribution in [-0.2, 0) is 18.3 Å². The van der Waals surface area contributed by atoms with Crippen molar-refractivity contribution in [3.8, 4) is 0 Å². The number of carbonyl (C=O) groups is 1. The standard InChI is InChI=1S/C20H15ClN2OS/c1-23-17-10-9-15(21)12-18(17)25-20(23)22-19(24)11-14-7-4-6-13-5-2-3-8-16(13)14/h2-10,12H,11H2,1H3. The molecular weight excluding hydrogens is 352 g/mol. The van der Waals surface area contributed by atoms with Gasteiger partial charge in [-0.2, -0.15) is 4.99 Å². The summed E-state index contributed by atoms with van der Waals surface area (Å²) in [5.41, 5.74) is 2.02. The van der Waals surface area contributed by atoms with Crippen LogP contribution in [0, 0.1) is 0 Å². The molecule has 0 N–H and O–H groups in total. The number of aryl methyl sites for hydroxylation is 1. The van der Waals surface area contributed by atoms with Crippen LogP contribution in [0.5, 0.6) is 0 Å². The Balaban J connectivity index is 1.72. The third kappa shape index (κ3) is 3.11. The zero-order valence-electron chi connectivity index (χ0n) is 13.6. The van der Waals surface area contributed by atoms with Crippen molar-refractivity contribution in [2.45, 2.75) is 6.42 Å². The van der Waals surface area contributed by atoms with Crippen LogP contribution in [0.2, 0.25) is 5.02 Å². The van der Waals surface area contributed by atoms with E-state index in [4.69, 9.17) is 11.6 Å². The molecule has 1 aromatic heterocycles. The highest BCUT2D eigenvalue weighted by molar-refractivity contribution is 7.16. The number of rotatable bonds is 2. The molecule has 0 bridgehead atoms. The molecule has 4 rings (SSSR count). The van der Waals surface area contributed by atoms with Gasteiger partial charge >= 0.3 is 0 Å². The van der Waals surface area contributed by atoms with E-state index < -0.39 is 0 Å². The van der Waals surface area contributed by atoms with Crippen molar-refractivity contribution in [3.63, 3.8) is 0 Å². The molecule has 0 spiro atoms. The second-order valence-corrected chi connectivity index (χ2v) is 7.32. The second kappa shape index (κ2) is 6.47. The van der Waals surface area contributed by atoms with Crippen molar-refractivity contribution in [1.29, 1.82) is 0 Å². The van der Waals surface area contributed by atoms with Gasteiger partial charge in [0, 0.05) is 12.1 Å². The van der Waals surface area contributed by atoms with Gasteiger partial charge in [-0.1, -0.05) is 65.4 Å². The van der Waals surface area contributed by atoms with E-state index in [1.165, 1.54) is 11.3 Å². The molecule has 0 saturated heterocycles. The molecule has 1 heterocycles. The molecule has 124 valence electrons. The lowest BCUT2D eigenvalue weighted by atomic mass is 10.0. The Morgan fingerprint density at radius 3 is 2.80 bits per heavy atom. The number of aromatic nitrogens is 1. The fraction of sp³-hybridized carbons (Fsp3) is 0.100. The van der Waals surface area contributed by atoms with E-state index in [1.807, 2.05) is 60.1 Å². The molecule has 0 aliphatic rings. The number of hydrogen-bond acceptors (Lipinski definition) is 2. The van der Waals surface area contributed by atoms with Gasteiger partial charge in [-0.05, 0) is 34.5 Å². The Morgan fingerprint density at radius 2 is 1.92 bits per heavy atom. The smallest absolute Gasteiger partial charge is 0.252 e. The van der Waals surface area contributed by atoms with Crippen LogP contribution in [0.1, 0.15) is 5.56 Å². The molecule has 0 fully saturated rings. The molecule has 0 unspecified atom stereocenters. The lowest BCUT2D eigenvalue weighted by Crippen LogP contribution is -2.14. The predicted molar refractivity (Wildman–Crippen MR) is 104 cm³/mol. The zero-order valence-corrected chi connectivity index (χ0v) is 15.1. The van der Waals surface area contributed by atoms with Gasteiger partial charge in [-0.15, -0.1) is 0 Å². The number of thiazole rings is 1. The Labute approximate surface area is 153 Å². The molecule has 25 heavy (non-hydrogen) atoms. The summed E-state index contributed by atoms with van der Waals surface area (Å²) in [6.45, 7) is 0. The van der Waals surface area contributed by atoms with Crippen LogP contribution >= 0.6 is 22.9 Å². The minimum atomic E-state index is -0.149. The molecule has 0 aliphatic heterocycles. The highest BCUT2D eigenvalue weighted by Gasteiger charge is 2.08. The van der Waals surface area contributed by atoms with Gasteiger partial charge < -0.3 is 4.57 Å². The van der Waals surface area contributed by atoms with Gasteiger partial charge in [0.2, 0.25) is 0 Å². The monoisotopic (exact) mass is 366 g/mol. The molecular formula is C20H15ClN2OS. The quantitative estimate of drug-likeness (QED) is 0.505. The average molecular weight is 367 g/mol. The lowest BCUT2D eigenvalue weighted by molar-refractivity contribution is -0.117. The van der Waals surface area contributed by atoms with Gasteiger partial charge in [0.05, 0.1) is 16.6 Å². The van der Waals surface area contributed by atoms with Gasteiger partial charge in [-0.3, -0.25) is 4.79 Å². The number of nitrogens with zero attached hydrogens (tertiary/aromatic N) is 2. The van der Waals surface area contributed by atoms with Crippen molar-refractivity contribution in [1.82, 2.24) is 4.57 Å². The van der Waals surface area contributed by atoms with E-state index in [0.29, 0.717) is 9.82 Å². The van der Waals surface area contributed by atoms with Crippen molar-refractivity contribution in [2.75, 3.05) is 0 Å². The summed E-state index contributed by atoms with van der Waals surface area (Å²) < 4.78 is 2.95. The maximum Gasteiger partial charge on any atom is 0.252 e. The molecule has 3 nitrogen and oxygen atoms in total. The number of fused-ring (bicyclic) bond motifs is 2. The number of benzene rings is 3.